The molecule has 0 fully saturated rings. The van der Waals surface area contributed by atoms with Gasteiger partial charge in [0, 0.05) is 23.8 Å². The van der Waals surface area contributed by atoms with Gasteiger partial charge in [-0.2, -0.15) is 10.5 Å². The highest BCUT2D eigenvalue weighted by molar-refractivity contribution is 6.30. The molecule has 130 valence electrons. The van der Waals surface area contributed by atoms with Crippen LogP contribution >= 0.6 is 11.6 Å². The zero-order valence-electron chi connectivity index (χ0n) is 13.8. The number of nitriles is 2. The van der Waals surface area contributed by atoms with Gasteiger partial charge in [0.2, 0.25) is 0 Å². The van der Waals surface area contributed by atoms with Crippen LogP contribution in [0.2, 0.25) is 5.02 Å². The van der Waals surface area contributed by atoms with Crippen molar-refractivity contribution in [2.45, 2.75) is 37.6 Å². The molecule has 6 heteroatoms. The average molecular weight is 350 g/mol. The van der Waals surface area contributed by atoms with Gasteiger partial charge < -0.3 is 15.2 Å². The lowest BCUT2D eigenvalue weighted by molar-refractivity contribution is 0.0908. The maximum atomic E-state index is 8.52. The first-order chi connectivity index (χ1) is 11.6. The topological polar surface area (TPSA) is 92.1 Å². The minimum Gasteiger partial charge on any atom is -0.380 e. The van der Waals surface area contributed by atoms with Gasteiger partial charge in [0.25, 0.3) is 0 Å². The fourth-order valence-electron chi connectivity index (χ4n) is 2.30. The lowest BCUT2D eigenvalue weighted by atomic mass is 9.86. The molecular formula is C18H24ClN3O2. The average Bonchev–Trinajstić information content (AvgIpc) is 2.57. The molecule has 24 heavy (non-hydrogen) atoms. The molecule has 1 aromatic rings. The standard InChI is InChI=1S/C18H24ClN3O2/c19-17-5-3-16(4-6-17)15-18(22,7-13-23-11-1-9-20)8-14-24-12-2-10-21/h3-6H,1-2,7-8,11-15,22H2. The van der Waals surface area contributed by atoms with Crippen LogP contribution in [0.4, 0.5) is 0 Å². The van der Waals surface area contributed by atoms with Crippen molar-refractivity contribution in [3.63, 3.8) is 0 Å². The van der Waals surface area contributed by atoms with Crippen LogP contribution in [0.3, 0.4) is 0 Å². The molecule has 0 saturated carbocycles. The zero-order chi connectivity index (χ0) is 17.7. The molecular weight excluding hydrogens is 326 g/mol. The molecule has 0 aliphatic heterocycles. The minimum atomic E-state index is -0.465. The quantitative estimate of drug-likeness (QED) is 0.585. The molecule has 1 rings (SSSR count). The Balaban J connectivity index is 2.54. The van der Waals surface area contributed by atoms with Gasteiger partial charge in [-0.25, -0.2) is 0 Å². The predicted molar refractivity (Wildman–Crippen MR) is 93.4 cm³/mol. The number of halogens is 1. The summed E-state index contributed by atoms with van der Waals surface area (Å²) in [5, 5.41) is 17.7. The third-order valence-corrected chi connectivity index (χ3v) is 3.93. The van der Waals surface area contributed by atoms with Crippen molar-refractivity contribution in [1.82, 2.24) is 0 Å². The maximum Gasteiger partial charge on any atom is 0.0645 e. The van der Waals surface area contributed by atoms with E-state index in [1.165, 1.54) is 0 Å². The molecule has 0 radical (unpaired) electrons. The monoisotopic (exact) mass is 349 g/mol. The number of hydrogen-bond donors (Lipinski definition) is 1. The second-order valence-electron chi connectivity index (χ2n) is 5.71. The van der Waals surface area contributed by atoms with Crippen molar-refractivity contribution < 1.29 is 9.47 Å². The first-order valence-corrected chi connectivity index (χ1v) is 8.40. The number of benzene rings is 1. The summed E-state index contributed by atoms with van der Waals surface area (Å²) in [4.78, 5) is 0. The van der Waals surface area contributed by atoms with Crippen LogP contribution in [0.15, 0.2) is 24.3 Å². The van der Waals surface area contributed by atoms with Gasteiger partial charge >= 0.3 is 0 Å². The van der Waals surface area contributed by atoms with Crippen molar-refractivity contribution in [3.8, 4) is 12.1 Å². The lowest BCUT2D eigenvalue weighted by Crippen LogP contribution is -2.44. The summed E-state index contributed by atoms with van der Waals surface area (Å²) in [6, 6.07) is 11.7. The molecule has 0 heterocycles. The van der Waals surface area contributed by atoms with Crippen molar-refractivity contribution in [2.24, 2.45) is 5.73 Å². The predicted octanol–water partition coefficient (Wildman–Crippen LogP) is 3.22. The maximum absolute atomic E-state index is 8.52. The van der Waals surface area contributed by atoms with Crippen LogP contribution in [-0.4, -0.2) is 32.0 Å². The van der Waals surface area contributed by atoms with E-state index in [2.05, 4.69) is 0 Å². The van der Waals surface area contributed by atoms with Crippen molar-refractivity contribution >= 4 is 11.6 Å². The van der Waals surface area contributed by atoms with Crippen LogP contribution in [0.1, 0.15) is 31.2 Å². The summed E-state index contributed by atoms with van der Waals surface area (Å²) in [6.07, 6.45) is 2.79. The van der Waals surface area contributed by atoms with Crippen LogP contribution in [0, 0.1) is 22.7 Å². The second kappa shape index (κ2) is 11.8. The van der Waals surface area contributed by atoms with Gasteiger partial charge in [0.15, 0.2) is 0 Å². The van der Waals surface area contributed by atoms with Gasteiger partial charge in [0.05, 0.1) is 38.2 Å². The fourth-order valence-corrected chi connectivity index (χ4v) is 2.43. The Hall–Kier alpha value is -1.63. The molecule has 0 spiro atoms. The molecule has 0 amide bonds. The molecule has 0 bridgehead atoms. The van der Waals surface area contributed by atoms with E-state index in [0.717, 1.165) is 5.56 Å². The Bertz CT molecular complexity index is 525. The Labute approximate surface area is 148 Å². The van der Waals surface area contributed by atoms with Gasteiger partial charge in [-0.3, -0.25) is 0 Å². The summed E-state index contributed by atoms with van der Waals surface area (Å²) in [5.41, 5.74) is 7.22. The number of ether oxygens (including phenoxy) is 2. The van der Waals surface area contributed by atoms with E-state index in [4.69, 9.17) is 37.3 Å². The van der Waals surface area contributed by atoms with E-state index >= 15 is 0 Å². The SMILES string of the molecule is N#CCCOCCC(N)(CCOCCC#N)Cc1ccc(Cl)cc1. The molecule has 0 aliphatic carbocycles. The summed E-state index contributed by atoms with van der Waals surface area (Å²) in [6.45, 7) is 1.85. The van der Waals surface area contributed by atoms with E-state index in [9.17, 15) is 0 Å². The van der Waals surface area contributed by atoms with E-state index in [1.54, 1.807) is 0 Å². The summed E-state index contributed by atoms with van der Waals surface area (Å²) >= 11 is 5.92. The van der Waals surface area contributed by atoms with Crippen molar-refractivity contribution in [3.05, 3.63) is 34.9 Å². The van der Waals surface area contributed by atoms with Crippen LogP contribution < -0.4 is 5.73 Å². The smallest absolute Gasteiger partial charge is 0.0645 e. The van der Waals surface area contributed by atoms with E-state index in [-0.39, 0.29) is 0 Å². The largest absolute Gasteiger partial charge is 0.380 e. The highest BCUT2D eigenvalue weighted by Crippen LogP contribution is 2.21. The Morgan fingerprint density at radius 1 is 0.917 bits per heavy atom. The highest BCUT2D eigenvalue weighted by Gasteiger charge is 2.25. The van der Waals surface area contributed by atoms with Gasteiger partial charge in [-0.05, 0) is 37.0 Å². The van der Waals surface area contributed by atoms with E-state index < -0.39 is 5.54 Å². The highest BCUT2D eigenvalue weighted by atomic mass is 35.5. The fraction of sp³-hybridized carbons (Fsp3) is 0.556. The first kappa shape index (κ1) is 20.4. The summed E-state index contributed by atoms with van der Waals surface area (Å²) in [5.74, 6) is 0. The van der Waals surface area contributed by atoms with E-state index in [1.807, 2.05) is 36.4 Å². The van der Waals surface area contributed by atoms with Crippen LogP contribution in [-0.2, 0) is 15.9 Å². The third kappa shape index (κ3) is 8.86. The van der Waals surface area contributed by atoms with Gasteiger partial charge in [0.1, 0.15) is 0 Å². The van der Waals surface area contributed by atoms with Crippen LogP contribution in [0.25, 0.3) is 0 Å². The minimum absolute atomic E-state index is 0.381. The number of hydrogen-bond acceptors (Lipinski definition) is 5. The molecule has 2 N–H and O–H groups in total. The number of nitrogens with zero attached hydrogens (tertiary/aromatic N) is 2. The van der Waals surface area contributed by atoms with Gasteiger partial charge in [-0.1, -0.05) is 23.7 Å². The molecule has 0 aliphatic rings. The Kier molecular flexibility index (Phi) is 10.1. The molecule has 0 unspecified atom stereocenters. The molecule has 0 saturated heterocycles. The normalized spacial score (nSPS) is 11.0. The van der Waals surface area contributed by atoms with Crippen molar-refractivity contribution in [1.29, 1.82) is 10.5 Å². The third-order valence-electron chi connectivity index (χ3n) is 3.67. The Morgan fingerprint density at radius 3 is 1.88 bits per heavy atom. The van der Waals surface area contributed by atoms with Gasteiger partial charge in [-0.15, -0.1) is 0 Å². The van der Waals surface area contributed by atoms with Crippen molar-refractivity contribution in [2.75, 3.05) is 26.4 Å². The molecule has 5 nitrogen and oxygen atoms in total. The van der Waals surface area contributed by atoms with E-state index in [0.29, 0.717) is 63.6 Å². The number of rotatable bonds is 12. The second-order valence-corrected chi connectivity index (χ2v) is 6.14. The first-order valence-electron chi connectivity index (χ1n) is 8.02. The summed E-state index contributed by atoms with van der Waals surface area (Å²) < 4.78 is 10.9. The number of nitrogens with two attached hydrogens (primary N) is 1. The molecule has 1 aromatic carbocycles. The summed E-state index contributed by atoms with van der Waals surface area (Å²) in [7, 11) is 0. The zero-order valence-corrected chi connectivity index (χ0v) is 14.6. The molecule has 0 aromatic heterocycles. The van der Waals surface area contributed by atoms with Crippen LogP contribution in [0.5, 0.6) is 0 Å². The molecule has 0 atom stereocenters. The lowest BCUT2D eigenvalue weighted by Gasteiger charge is -2.30. The Morgan fingerprint density at radius 2 is 1.42 bits per heavy atom.